The third-order valence-electron chi connectivity index (χ3n) is 2.28. The van der Waals surface area contributed by atoms with E-state index in [2.05, 4.69) is 0 Å². The molecule has 0 aliphatic carbocycles. The topological polar surface area (TPSA) is 79.5 Å². The monoisotopic (exact) mass is 231 g/mol. The van der Waals surface area contributed by atoms with Gasteiger partial charge < -0.3 is 10.2 Å². The Bertz CT molecular complexity index is 624. The maximum atomic E-state index is 11.7. The predicted octanol–water partition coefficient (Wildman–Crippen LogP) is 1.63. The van der Waals surface area contributed by atoms with Gasteiger partial charge in [-0.15, -0.1) is 0 Å². The first kappa shape index (κ1) is 10.9. The number of aromatic hydroxyl groups is 1. The van der Waals surface area contributed by atoms with E-state index in [1.165, 1.54) is 22.9 Å². The molecule has 1 heterocycles. The lowest BCUT2D eigenvalue weighted by Gasteiger charge is -1.99. The minimum absolute atomic E-state index is 0.115. The van der Waals surface area contributed by atoms with Crippen LogP contribution in [0.2, 0.25) is 0 Å². The Labute approximate surface area is 96.2 Å². The molecule has 0 bridgehead atoms. The summed E-state index contributed by atoms with van der Waals surface area (Å²) in [5.74, 6) is -1.51. The quantitative estimate of drug-likeness (QED) is 0.770. The smallest absolute Gasteiger partial charge is 0.328 e. The van der Waals surface area contributed by atoms with E-state index in [0.717, 1.165) is 12.2 Å². The van der Waals surface area contributed by atoms with Crippen molar-refractivity contribution in [1.29, 1.82) is 0 Å². The van der Waals surface area contributed by atoms with E-state index in [-0.39, 0.29) is 5.75 Å². The molecule has 0 aliphatic rings. The highest BCUT2D eigenvalue weighted by molar-refractivity contribution is 6.00. The second kappa shape index (κ2) is 4.13. The maximum Gasteiger partial charge on any atom is 0.328 e. The standard InChI is InChI=1S/C12H9NO4/c14-9-1-2-10-8(7-9)5-6-13(10)11(15)3-4-12(16)17/h1-7,14H,(H,16,17)/b4-3+. The van der Waals surface area contributed by atoms with Gasteiger partial charge in [-0.25, -0.2) is 4.79 Å². The van der Waals surface area contributed by atoms with Crippen LogP contribution in [0.3, 0.4) is 0 Å². The summed E-state index contributed by atoms with van der Waals surface area (Å²) in [6.07, 6.45) is 3.29. The van der Waals surface area contributed by atoms with Crippen LogP contribution >= 0.6 is 0 Å². The van der Waals surface area contributed by atoms with Crippen molar-refractivity contribution < 1.29 is 19.8 Å². The number of aromatic nitrogens is 1. The number of benzene rings is 1. The summed E-state index contributed by atoms with van der Waals surface area (Å²) >= 11 is 0. The Hall–Kier alpha value is -2.56. The molecular weight excluding hydrogens is 222 g/mol. The molecule has 17 heavy (non-hydrogen) atoms. The Balaban J connectivity index is 2.43. The first-order chi connectivity index (χ1) is 8.08. The predicted molar refractivity (Wildman–Crippen MR) is 61.0 cm³/mol. The van der Waals surface area contributed by atoms with Crippen molar-refractivity contribution in [2.24, 2.45) is 0 Å². The zero-order valence-corrected chi connectivity index (χ0v) is 8.70. The highest BCUT2D eigenvalue weighted by atomic mass is 16.4. The van der Waals surface area contributed by atoms with Crippen LogP contribution in [0, 0.1) is 0 Å². The second-order valence-electron chi connectivity index (χ2n) is 3.44. The molecular formula is C12H9NO4. The number of aliphatic carboxylic acids is 1. The summed E-state index contributed by atoms with van der Waals surface area (Å²) < 4.78 is 1.31. The third-order valence-corrected chi connectivity index (χ3v) is 2.28. The van der Waals surface area contributed by atoms with Crippen molar-refractivity contribution >= 4 is 22.8 Å². The molecule has 0 atom stereocenters. The van der Waals surface area contributed by atoms with E-state index in [1.54, 1.807) is 12.1 Å². The van der Waals surface area contributed by atoms with Crippen LogP contribution < -0.4 is 0 Å². The molecule has 0 fully saturated rings. The summed E-state index contributed by atoms with van der Waals surface area (Å²) in [5, 5.41) is 18.4. The van der Waals surface area contributed by atoms with Crippen molar-refractivity contribution in [1.82, 2.24) is 4.57 Å². The molecule has 1 aromatic heterocycles. The van der Waals surface area contributed by atoms with Crippen LogP contribution in [0.15, 0.2) is 42.6 Å². The Morgan fingerprint density at radius 1 is 1.18 bits per heavy atom. The molecule has 86 valence electrons. The zero-order chi connectivity index (χ0) is 12.4. The Kier molecular flexibility index (Phi) is 2.66. The van der Waals surface area contributed by atoms with Gasteiger partial charge in [0.2, 0.25) is 0 Å². The number of carboxylic acid groups (broad SMARTS) is 1. The number of phenolic OH excluding ortho intramolecular Hbond substituents is 1. The number of nitrogens with zero attached hydrogens (tertiary/aromatic N) is 1. The SMILES string of the molecule is O=C(O)/C=C/C(=O)n1ccc2cc(O)ccc21. The Morgan fingerprint density at radius 2 is 1.94 bits per heavy atom. The Morgan fingerprint density at radius 3 is 2.65 bits per heavy atom. The molecule has 0 amide bonds. The summed E-state index contributed by atoms with van der Waals surface area (Å²) in [5.41, 5.74) is 0.614. The van der Waals surface area contributed by atoms with Crippen molar-refractivity contribution in [2.45, 2.75) is 0 Å². The number of hydrogen-bond donors (Lipinski definition) is 2. The molecule has 0 aliphatic heterocycles. The molecule has 1 aromatic carbocycles. The molecule has 0 saturated carbocycles. The maximum absolute atomic E-state index is 11.7. The van der Waals surface area contributed by atoms with Crippen LogP contribution in [0.4, 0.5) is 0 Å². The molecule has 5 nitrogen and oxygen atoms in total. The average Bonchev–Trinajstić information content (AvgIpc) is 2.68. The number of carbonyl (C=O) groups is 2. The number of allylic oxidation sites excluding steroid dienone is 1. The number of carboxylic acids is 1. The molecule has 0 saturated heterocycles. The fourth-order valence-electron chi connectivity index (χ4n) is 1.54. The first-order valence-corrected chi connectivity index (χ1v) is 4.83. The largest absolute Gasteiger partial charge is 0.508 e. The zero-order valence-electron chi connectivity index (χ0n) is 8.70. The molecule has 2 N–H and O–H groups in total. The van der Waals surface area contributed by atoms with Crippen molar-refractivity contribution in [2.75, 3.05) is 0 Å². The molecule has 0 spiro atoms. The van der Waals surface area contributed by atoms with Gasteiger partial charge in [-0.2, -0.15) is 0 Å². The van der Waals surface area contributed by atoms with Crippen LogP contribution in [-0.4, -0.2) is 26.7 Å². The number of hydrogen-bond acceptors (Lipinski definition) is 3. The third kappa shape index (κ3) is 2.17. The molecule has 5 heteroatoms. The molecule has 0 radical (unpaired) electrons. The fraction of sp³-hybridized carbons (Fsp3) is 0. The van der Waals surface area contributed by atoms with Gasteiger partial charge in [0.1, 0.15) is 5.75 Å². The van der Waals surface area contributed by atoms with E-state index in [4.69, 9.17) is 5.11 Å². The van der Waals surface area contributed by atoms with Crippen molar-refractivity contribution in [3.63, 3.8) is 0 Å². The lowest BCUT2D eigenvalue weighted by Crippen LogP contribution is -2.06. The lowest BCUT2D eigenvalue weighted by molar-refractivity contribution is -0.131. The summed E-state index contributed by atoms with van der Waals surface area (Å²) in [6.45, 7) is 0. The highest BCUT2D eigenvalue weighted by Gasteiger charge is 2.06. The number of phenols is 1. The number of carbonyl (C=O) groups excluding carboxylic acids is 1. The van der Waals surface area contributed by atoms with Crippen LogP contribution in [0.5, 0.6) is 5.75 Å². The van der Waals surface area contributed by atoms with Gasteiger partial charge in [0.15, 0.2) is 0 Å². The van der Waals surface area contributed by atoms with Gasteiger partial charge >= 0.3 is 5.97 Å². The summed E-state index contributed by atoms with van der Waals surface area (Å²) in [6, 6.07) is 6.26. The van der Waals surface area contributed by atoms with Gasteiger partial charge in [-0.3, -0.25) is 9.36 Å². The summed E-state index contributed by atoms with van der Waals surface area (Å²) in [7, 11) is 0. The molecule has 2 rings (SSSR count). The molecule has 2 aromatic rings. The van der Waals surface area contributed by atoms with Gasteiger partial charge in [-0.1, -0.05) is 0 Å². The van der Waals surface area contributed by atoms with E-state index in [9.17, 15) is 14.7 Å². The van der Waals surface area contributed by atoms with Gasteiger partial charge in [0, 0.05) is 23.7 Å². The van der Waals surface area contributed by atoms with E-state index in [1.807, 2.05) is 0 Å². The average molecular weight is 231 g/mol. The lowest BCUT2D eigenvalue weighted by atomic mass is 10.2. The highest BCUT2D eigenvalue weighted by Crippen LogP contribution is 2.20. The summed E-state index contributed by atoms with van der Waals surface area (Å²) in [4.78, 5) is 22.0. The van der Waals surface area contributed by atoms with Gasteiger partial charge in [-0.05, 0) is 24.3 Å². The van der Waals surface area contributed by atoms with E-state index in [0.29, 0.717) is 10.9 Å². The van der Waals surface area contributed by atoms with Crippen molar-refractivity contribution in [3.8, 4) is 5.75 Å². The first-order valence-electron chi connectivity index (χ1n) is 4.83. The van der Waals surface area contributed by atoms with Crippen molar-refractivity contribution in [3.05, 3.63) is 42.6 Å². The van der Waals surface area contributed by atoms with E-state index >= 15 is 0 Å². The van der Waals surface area contributed by atoms with Crippen LogP contribution in [0.25, 0.3) is 10.9 Å². The minimum Gasteiger partial charge on any atom is -0.508 e. The van der Waals surface area contributed by atoms with Crippen LogP contribution in [-0.2, 0) is 4.79 Å². The normalized spacial score (nSPS) is 11.1. The van der Waals surface area contributed by atoms with Crippen LogP contribution in [0.1, 0.15) is 4.79 Å². The second-order valence-corrected chi connectivity index (χ2v) is 3.44. The van der Waals surface area contributed by atoms with Gasteiger partial charge in [0.05, 0.1) is 5.52 Å². The molecule has 0 unspecified atom stereocenters. The number of fused-ring (bicyclic) bond motifs is 1. The fourth-order valence-corrected chi connectivity index (χ4v) is 1.54. The minimum atomic E-state index is -1.17. The number of rotatable bonds is 2. The van der Waals surface area contributed by atoms with Gasteiger partial charge in [0.25, 0.3) is 5.91 Å². The van der Waals surface area contributed by atoms with E-state index < -0.39 is 11.9 Å².